The molecule has 0 heterocycles. The predicted octanol–water partition coefficient (Wildman–Crippen LogP) is 2.70. The van der Waals surface area contributed by atoms with Crippen LogP contribution in [0.25, 0.3) is 0 Å². The molecule has 1 amide bonds. The van der Waals surface area contributed by atoms with Gasteiger partial charge < -0.3 is 11.1 Å². The average molecular weight is 304 g/mol. The number of aryl methyl sites for hydroxylation is 1. The van der Waals surface area contributed by atoms with Crippen LogP contribution in [0.4, 0.5) is 0 Å². The number of rotatable bonds is 8. The Bertz CT molecular complexity index is 492. The van der Waals surface area contributed by atoms with E-state index in [0.29, 0.717) is 17.9 Å². The van der Waals surface area contributed by atoms with Gasteiger partial charge in [-0.2, -0.15) is 0 Å². The normalized spacial score (nSPS) is 13.7. The number of hydrogen-bond donors (Lipinski definition) is 2. The zero-order valence-electron chi connectivity index (χ0n) is 14.1. The molecular formula is C18H28N2O2. The molecule has 1 aromatic rings. The first-order valence-corrected chi connectivity index (χ1v) is 8.04. The minimum absolute atomic E-state index is 0.121. The lowest BCUT2D eigenvalue weighted by molar-refractivity contribution is -0.122. The first-order valence-electron chi connectivity index (χ1n) is 8.04. The van der Waals surface area contributed by atoms with Gasteiger partial charge in [0.2, 0.25) is 0 Å². The highest BCUT2D eigenvalue weighted by Gasteiger charge is 2.24. The molecule has 0 radical (unpaired) electrons. The molecule has 3 N–H and O–H groups in total. The summed E-state index contributed by atoms with van der Waals surface area (Å²) in [5, 5.41) is 2.83. The Morgan fingerprint density at radius 1 is 1.14 bits per heavy atom. The minimum atomic E-state index is -0.573. The van der Waals surface area contributed by atoms with Gasteiger partial charge in [0.05, 0.1) is 12.1 Å². The lowest BCUT2D eigenvalue weighted by Crippen LogP contribution is -2.47. The average Bonchev–Trinajstić information content (AvgIpc) is 2.46. The lowest BCUT2D eigenvalue weighted by atomic mass is 9.96. The highest BCUT2D eigenvalue weighted by molar-refractivity contribution is 5.99. The van der Waals surface area contributed by atoms with Crippen LogP contribution in [0.3, 0.4) is 0 Å². The molecule has 122 valence electrons. The molecular weight excluding hydrogens is 276 g/mol. The molecule has 4 nitrogen and oxygen atoms in total. The molecule has 0 saturated heterocycles. The van der Waals surface area contributed by atoms with Crippen LogP contribution in [0.1, 0.15) is 56.5 Å². The van der Waals surface area contributed by atoms with Gasteiger partial charge in [-0.3, -0.25) is 9.59 Å². The molecule has 0 aliphatic rings. The van der Waals surface area contributed by atoms with Crippen molar-refractivity contribution in [2.45, 2.75) is 59.0 Å². The number of amides is 1. The van der Waals surface area contributed by atoms with Crippen LogP contribution < -0.4 is 11.1 Å². The maximum atomic E-state index is 12.3. The number of nitrogens with two attached hydrogens (primary N) is 1. The minimum Gasteiger partial charge on any atom is -0.342 e. The Balaban J connectivity index is 2.79. The van der Waals surface area contributed by atoms with E-state index in [2.05, 4.69) is 12.2 Å². The molecule has 1 unspecified atom stereocenters. The highest BCUT2D eigenvalue weighted by atomic mass is 16.2. The van der Waals surface area contributed by atoms with Crippen molar-refractivity contribution in [2.75, 3.05) is 0 Å². The lowest BCUT2D eigenvalue weighted by Gasteiger charge is -2.21. The summed E-state index contributed by atoms with van der Waals surface area (Å²) in [5.74, 6) is -0.0349. The van der Waals surface area contributed by atoms with Crippen LogP contribution in [0.5, 0.6) is 0 Å². The number of Topliss-reactive ketones (excluding diaryl/α,β-unsaturated/α-hetero) is 1. The molecule has 0 saturated carbocycles. The smallest absolute Gasteiger partial charge is 0.251 e. The fraction of sp³-hybridized carbons (Fsp3) is 0.556. The number of benzene rings is 1. The second-order valence-corrected chi connectivity index (χ2v) is 6.29. The van der Waals surface area contributed by atoms with E-state index in [1.807, 2.05) is 38.1 Å². The Morgan fingerprint density at radius 3 is 2.18 bits per heavy atom. The maximum absolute atomic E-state index is 12.3. The van der Waals surface area contributed by atoms with Crippen LogP contribution in [-0.4, -0.2) is 23.8 Å². The molecule has 22 heavy (non-hydrogen) atoms. The highest BCUT2D eigenvalue weighted by Crippen LogP contribution is 2.10. The van der Waals surface area contributed by atoms with Gasteiger partial charge in [-0.05, 0) is 43.4 Å². The summed E-state index contributed by atoms with van der Waals surface area (Å²) in [4.78, 5) is 24.5. The Kier molecular flexibility index (Phi) is 7.25. The van der Waals surface area contributed by atoms with Gasteiger partial charge in [-0.1, -0.05) is 39.3 Å². The van der Waals surface area contributed by atoms with Crippen LogP contribution in [0.2, 0.25) is 0 Å². The Morgan fingerprint density at radius 2 is 1.73 bits per heavy atom. The molecule has 0 aliphatic heterocycles. The van der Waals surface area contributed by atoms with E-state index < -0.39 is 12.1 Å². The van der Waals surface area contributed by atoms with Gasteiger partial charge in [0.25, 0.3) is 5.91 Å². The summed E-state index contributed by atoms with van der Waals surface area (Å²) in [6, 6.07) is 6.44. The molecule has 0 fully saturated rings. The number of carbonyl (C=O) groups excluding carboxylic acids is 2. The number of nitrogens with one attached hydrogen (secondary N) is 1. The third-order valence-corrected chi connectivity index (χ3v) is 3.56. The van der Waals surface area contributed by atoms with Crippen LogP contribution in [-0.2, 0) is 11.2 Å². The van der Waals surface area contributed by atoms with E-state index >= 15 is 0 Å². The predicted molar refractivity (Wildman–Crippen MR) is 89.8 cm³/mol. The Hall–Kier alpha value is -1.68. The number of hydrogen-bond acceptors (Lipinski definition) is 3. The summed E-state index contributed by atoms with van der Waals surface area (Å²) in [6.45, 7) is 7.82. The molecule has 0 spiro atoms. The van der Waals surface area contributed by atoms with Crippen molar-refractivity contribution < 1.29 is 9.59 Å². The zero-order valence-corrected chi connectivity index (χ0v) is 14.1. The fourth-order valence-corrected chi connectivity index (χ4v) is 2.39. The summed E-state index contributed by atoms with van der Waals surface area (Å²) in [5.41, 5.74) is 7.47. The number of ketones is 1. The van der Waals surface area contributed by atoms with Gasteiger partial charge in [0.1, 0.15) is 0 Å². The molecule has 0 aromatic heterocycles. The van der Waals surface area contributed by atoms with E-state index in [4.69, 9.17) is 5.73 Å². The Labute approximate surface area is 133 Å². The van der Waals surface area contributed by atoms with Crippen LogP contribution in [0.15, 0.2) is 24.3 Å². The third-order valence-electron chi connectivity index (χ3n) is 3.56. The number of carbonyl (C=O) groups is 2. The second-order valence-electron chi connectivity index (χ2n) is 6.29. The molecule has 1 aromatic carbocycles. The van der Waals surface area contributed by atoms with E-state index in [0.717, 1.165) is 12.8 Å². The van der Waals surface area contributed by atoms with Gasteiger partial charge in [-0.15, -0.1) is 0 Å². The van der Waals surface area contributed by atoms with Crippen molar-refractivity contribution in [3.05, 3.63) is 35.4 Å². The van der Waals surface area contributed by atoms with Crippen molar-refractivity contribution in [3.63, 3.8) is 0 Å². The largest absolute Gasteiger partial charge is 0.342 e. The van der Waals surface area contributed by atoms with Crippen LogP contribution in [0, 0.1) is 5.92 Å². The van der Waals surface area contributed by atoms with E-state index in [9.17, 15) is 9.59 Å². The summed E-state index contributed by atoms with van der Waals surface area (Å²) in [6.07, 6.45) is 2.67. The second kappa shape index (κ2) is 8.69. The van der Waals surface area contributed by atoms with E-state index in [1.54, 1.807) is 6.92 Å². The molecule has 1 rings (SSSR count). The SMILES string of the molecule is CCCc1ccc(C(=O)N[C@H](CC(C)C)C(=O)C(C)N)cc1. The van der Waals surface area contributed by atoms with Crippen molar-refractivity contribution in [1.82, 2.24) is 5.32 Å². The van der Waals surface area contributed by atoms with Crippen molar-refractivity contribution in [3.8, 4) is 0 Å². The van der Waals surface area contributed by atoms with Gasteiger partial charge >= 0.3 is 0 Å². The summed E-state index contributed by atoms with van der Waals surface area (Å²) in [7, 11) is 0. The molecule has 2 atom stereocenters. The van der Waals surface area contributed by atoms with Crippen molar-refractivity contribution in [1.29, 1.82) is 0 Å². The fourth-order valence-electron chi connectivity index (χ4n) is 2.39. The summed E-state index contributed by atoms with van der Waals surface area (Å²) < 4.78 is 0. The van der Waals surface area contributed by atoms with Gasteiger partial charge in [-0.25, -0.2) is 0 Å². The van der Waals surface area contributed by atoms with Gasteiger partial charge in [0.15, 0.2) is 5.78 Å². The van der Waals surface area contributed by atoms with Crippen LogP contribution >= 0.6 is 0 Å². The quantitative estimate of drug-likeness (QED) is 0.775. The standard InChI is InChI=1S/C18H28N2O2/c1-5-6-14-7-9-15(10-8-14)18(22)20-16(11-12(2)3)17(21)13(4)19/h7-10,12-13,16H,5-6,11,19H2,1-4H3,(H,20,22)/t13?,16-/m1/s1. The maximum Gasteiger partial charge on any atom is 0.251 e. The first-order chi connectivity index (χ1) is 10.3. The van der Waals surface area contributed by atoms with Crippen molar-refractivity contribution >= 4 is 11.7 Å². The van der Waals surface area contributed by atoms with Gasteiger partial charge in [0, 0.05) is 5.56 Å². The van der Waals surface area contributed by atoms with E-state index in [1.165, 1.54) is 5.56 Å². The molecule has 0 aliphatic carbocycles. The third kappa shape index (κ3) is 5.60. The monoisotopic (exact) mass is 304 g/mol. The zero-order chi connectivity index (χ0) is 16.7. The first kappa shape index (κ1) is 18.4. The van der Waals surface area contributed by atoms with Crippen molar-refractivity contribution in [2.24, 2.45) is 11.7 Å². The topological polar surface area (TPSA) is 72.2 Å². The van der Waals surface area contributed by atoms with E-state index in [-0.39, 0.29) is 11.7 Å². The summed E-state index contributed by atoms with van der Waals surface area (Å²) >= 11 is 0. The molecule has 4 heteroatoms. The molecule has 0 bridgehead atoms.